The summed E-state index contributed by atoms with van der Waals surface area (Å²) in [4.78, 5) is 25.2. The molecule has 1 aliphatic rings. The van der Waals surface area contributed by atoms with Crippen molar-refractivity contribution in [3.63, 3.8) is 0 Å². The van der Waals surface area contributed by atoms with Crippen molar-refractivity contribution >= 4 is 17.5 Å². The Labute approximate surface area is 142 Å². The van der Waals surface area contributed by atoms with Crippen LogP contribution in [0.1, 0.15) is 37.7 Å². The van der Waals surface area contributed by atoms with Crippen LogP contribution in [0.25, 0.3) is 0 Å². The zero-order valence-electron chi connectivity index (χ0n) is 14.4. The number of aryl methyl sites for hydroxylation is 1. The number of halogens is 1. The molecule has 6 heteroatoms. The molecule has 2 N–H and O–H groups in total. The Bertz CT molecular complexity index is 592. The summed E-state index contributed by atoms with van der Waals surface area (Å²) in [5.74, 6) is -0.324. The number of hydrogen-bond donors (Lipinski definition) is 2. The van der Waals surface area contributed by atoms with Crippen LogP contribution in [0.3, 0.4) is 0 Å². The lowest BCUT2D eigenvalue weighted by molar-refractivity contribution is -0.122. The lowest BCUT2D eigenvalue weighted by atomic mass is 10.0. The minimum atomic E-state index is -0.224. The fourth-order valence-electron chi connectivity index (χ4n) is 3.01. The molecule has 0 aliphatic carbocycles. The quantitative estimate of drug-likeness (QED) is 0.837. The molecule has 0 radical (unpaired) electrons. The van der Waals surface area contributed by atoms with Crippen molar-refractivity contribution in [1.82, 2.24) is 10.6 Å². The molecule has 1 aromatic rings. The Balaban J connectivity index is 1.85. The average Bonchev–Trinajstić information content (AvgIpc) is 2.57. The van der Waals surface area contributed by atoms with Gasteiger partial charge in [0.2, 0.25) is 11.8 Å². The van der Waals surface area contributed by atoms with Crippen LogP contribution in [0.15, 0.2) is 18.2 Å². The van der Waals surface area contributed by atoms with E-state index in [4.69, 9.17) is 0 Å². The average molecular weight is 335 g/mol. The van der Waals surface area contributed by atoms with Crippen molar-refractivity contribution < 1.29 is 14.0 Å². The third-order valence-corrected chi connectivity index (χ3v) is 4.32. The van der Waals surface area contributed by atoms with Gasteiger partial charge in [-0.1, -0.05) is 6.07 Å². The molecule has 132 valence electrons. The van der Waals surface area contributed by atoms with E-state index in [1.165, 1.54) is 6.07 Å². The Morgan fingerprint density at radius 3 is 2.79 bits per heavy atom. The van der Waals surface area contributed by atoms with Gasteiger partial charge in [-0.25, -0.2) is 4.39 Å². The van der Waals surface area contributed by atoms with Gasteiger partial charge in [-0.15, -0.1) is 0 Å². The molecule has 1 aliphatic heterocycles. The number of nitrogens with one attached hydrogen (secondary N) is 2. The molecule has 24 heavy (non-hydrogen) atoms. The van der Waals surface area contributed by atoms with Crippen molar-refractivity contribution in [2.75, 3.05) is 25.0 Å². The van der Waals surface area contributed by atoms with E-state index in [-0.39, 0.29) is 23.7 Å². The van der Waals surface area contributed by atoms with Crippen LogP contribution in [-0.2, 0) is 9.59 Å². The summed E-state index contributed by atoms with van der Waals surface area (Å²) in [6.07, 6.45) is 3.04. The minimum absolute atomic E-state index is 0.0196. The van der Waals surface area contributed by atoms with Crippen molar-refractivity contribution in [2.24, 2.45) is 0 Å². The van der Waals surface area contributed by atoms with Crippen molar-refractivity contribution in [3.05, 3.63) is 29.6 Å². The smallest absolute Gasteiger partial charge is 0.220 e. The molecule has 1 saturated heterocycles. The third kappa shape index (κ3) is 5.22. The van der Waals surface area contributed by atoms with Gasteiger partial charge in [0.1, 0.15) is 5.82 Å². The number of nitrogens with zero attached hydrogens (tertiary/aromatic N) is 1. The minimum Gasteiger partial charge on any atom is -0.367 e. The molecule has 1 heterocycles. The number of piperidine rings is 1. The first-order valence-corrected chi connectivity index (χ1v) is 8.50. The van der Waals surface area contributed by atoms with Crippen LogP contribution >= 0.6 is 0 Å². The predicted molar refractivity (Wildman–Crippen MR) is 92.4 cm³/mol. The Morgan fingerprint density at radius 1 is 1.29 bits per heavy atom. The highest BCUT2D eigenvalue weighted by molar-refractivity contribution is 5.78. The largest absolute Gasteiger partial charge is 0.367 e. The summed E-state index contributed by atoms with van der Waals surface area (Å²) >= 11 is 0. The van der Waals surface area contributed by atoms with E-state index in [2.05, 4.69) is 10.6 Å². The van der Waals surface area contributed by atoms with Crippen LogP contribution in [-0.4, -0.2) is 38.0 Å². The van der Waals surface area contributed by atoms with Crippen molar-refractivity contribution in [3.8, 4) is 0 Å². The molecule has 5 nitrogen and oxygen atoms in total. The molecular weight excluding hydrogens is 309 g/mol. The number of hydrogen-bond acceptors (Lipinski definition) is 3. The fourth-order valence-corrected chi connectivity index (χ4v) is 3.01. The summed E-state index contributed by atoms with van der Waals surface area (Å²) in [6, 6.07) is 5.12. The van der Waals surface area contributed by atoms with E-state index in [1.54, 1.807) is 13.1 Å². The number of amides is 2. The van der Waals surface area contributed by atoms with E-state index in [9.17, 15) is 14.0 Å². The number of anilines is 1. The van der Waals surface area contributed by atoms with Crippen molar-refractivity contribution in [2.45, 2.75) is 45.1 Å². The summed E-state index contributed by atoms with van der Waals surface area (Å²) in [7, 11) is 1.59. The zero-order chi connectivity index (χ0) is 17.5. The van der Waals surface area contributed by atoms with Gasteiger partial charge < -0.3 is 15.5 Å². The standard InChI is InChI=1S/C18H26FN3O2/c1-13-8-9-15(19)16(11-13)22-10-4-5-14(12-22)21-18(24)7-3-6-17(23)20-2/h8-9,11,14H,3-7,10,12H2,1-2H3,(H,20,23)(H,21,24)/t14-/m0/s1. The summed E-state index contributed by atoms with van der Waals surface area (Å²) < 4.78 is 14.1. The normalized spacial score (nSPS) is 17.5. The number of carbonyl (C=O) groups excluding carboxylic acids is 2. The number of benzene rings is 1. The first-order valence-electron chi connectivity index (χ1n) is 8.50. The Morgan fingerprint density at radius 2 is 2.04 bits per heavy atom. The fraction of sp³-hybridized carbons (Fsp3) is 0.556. The summed E-state index contributed by atoms with van der Waals surface area (Å²) in [6.45, 7) is 3.35. The van der Waals surface area contributed by atoms with E-state index < -0.39 is 0 Å². The van der Waals surface area contributed by atoms with Gasteiger partial charge in [0, 0.05) is 39.0 Å². The molecule has 2 rings (SSSR count). The monoisotopic (exact) mass is 335 g/mol. The molecule has 0 aromatic heterocycles. The maximum Gasteiger partial charge on any atom is 0.220 e. The van der Waals surface area contributed by atoms with Gasteiger partial charge in [-0.2, -0.15) is 0 Å². The van der Waals surface area contributed by atoms with E-state index >= 15 is 0 Å². The number of rotatable bonds is 6. The Kier molecular flexibility index (Phi) is 6.58. The van der Waals surface area contributed by atoms with E-state index in [0.29, 0.717) is 31.5 Å². The first kappa shape index (κ1) is 18.2. The molecule has 2 amide bonds. The molecule has 0 saturated carbocycles. The zero-order valence-corrected chi connectivity index (χ0v) is 14.4. The van der Waals surface area contributed by atoms with E-state index in [1.807, 2.05) is 17.9 Å². The summed E-state index contributed by atoms with van der Waals surface area (Å²) in [5.41, 5.74) is 1.63. The van der Waals surface area contributed by atoms with Crippen LogP contribution in [0, 0.1) is 12.7 Å². The maximum atomic E-state index is 14.1. The lowest BCUT2D eigenvalue weighted by Crippen LogP contribution is -2.48. The van der Waals surface area contributed by atoms with Gasteiger partial charge >= 0.3 is 0 Å². The van der Waals surface area contributed by atoms with Crippen LogP contribution in [0.5, 0.6) is 0 Å². The van der Waals surface area contributed by atoms with Crippen LogP contribution < -0.4 is 15.5 Å². The molecule has 0 spiro atoms. The molecule has 1 aromatic carbocycles. The molecular formula is C18H26FN3O2. The van der Waals surface area contributed by atoms with E-state index in [0.717, 1.165) is 24.9 Å². The van der Waals surface area contributed by atoms with Crippen LogP contribution in [0.2, 0.25) is 0 Å². The molecule has 0 unspecified atom stereocenters. The second-order valence-electron chi connectivity index (χ2n) is 6.33. The SMILES string of the molecule is CNC(=O)CCCC(=O)N[C@H]1CCCN(c2cc(C)ccc2F)C1. The number of carbonyl (C=O) groups is 2. The topological polar surface area (TPSA) is 61.4 Å². The second kappa shape index (κ2) is 8.66. The molecule has 1 fully saturated rings. The highest BCUT2D eigenvalue weighted by Gasteiger charge is 2.23. The van der Waals surface area contributed by atoms with Crippen LogP contribution in [0.4, 0.5) is 10.1 Å². The highest BCUT2D eigenvalue weighted by atomic mass is 19.1. The molecule has 0 bridgehead atoms. The highest BCUT2D eigenvalue weighted by Crippen LogP contribution is 2.24. The molecule has 1 atom stereocenters. The van der Waals surface area contributed by atoms with Gasteiger partial charge in [0.05, 0.1) is 5.69 Å². The van der Waals surface area contributed by atoms with Crippen molar-refractivity contribution in [1.29, 1.82) is 0 Å². The summed E-state index contributed by atoms with van der Waals surface area (Å²) in [5, 5.41) is 5.55. The van der Waals surface area contributed by atoms with Gasteiger partial charge in [-0.05, 0) is 43.9 Å². The van der Waals surface area contributed by atoms with Gasteiger partial charge in [0.15, 0.2) is 0 Å². The van der Waals surface area contributed by atoms with Gasteiger partial charge in [-0.3, -0.25) is 9.59 Å². The predicted octanol–water partition coefficient (Wildman–Crippen LogP) is 2.14. The lowest BCUT2D eigenvalue weighted by Gasteiger charge is -2.35. The van der Waals surface area contributed by atoms with Gasteiger partial charge in [0.25, 0.3) is 0 Å². The third-order valence-electron chi connectivity index (χ3n) is 4.32. The second-order valence-corrected chi connectivity index (χ2v) is 6.33. The maximum absolute atomic E-state index is 14.1. The first-order chi connectivity index (χ1) is 11.5. The Hall–Kier alpha value is -2.11.